The molecule has 1 aliphatic heterocycles. The summed E-state index contributed by atoms with van der Waals surface area (Å²) in [6, 6.07) is 23.9. The highest BCUT2D eigenvalue weighted by molar-refractivity contribution is 7.90. The van der Waals surface area contributed by atoms with E-state index in [1.54, 1.807) is 31.3 Å². The van der Waals surface area contributed by atoms with Gasteiger partial charge in [-0.05, 0) is 47.4 Å². The van der Waals surface area contributed by atoms with Gasteiger partial charge >= 0.3 is 0 Å². The molecule has 8 nitrogen and oxygen atoms in total. The number of fused-ring (bicyclic) bond motifs is 1. The molecule has 5 rings (SSSR count). The van der Waals surface area contributed by atoms with Crippen LogP contribution in [0.25, 0.3) is 11.1 Å². The first-order valence-electron chi connectivity index (χ1n) is 11.5. The molecule has 1 amide bonds. The van der Waals surface area contributed by atoms with Gasteiger partial charge < -0.3 is 5.32 Å². The van der Waals surface area contributed by atoms with E-state index in [0.29, 0.717) is 18.7 Å². The number of carbonyl (C=O) groups is 1. The van der Waals surface area contributed by atoms with Gasteiger partial charge in [-0.1, -0.05) is 60.7 Å². The monoisotopic (exact) mass is 499 g/mol. The van der Waals surface area contributed by atoms with Crippen LogP contribution in [0.1, 0.15) is 23.6 Å². The van der Waals surface area contributed by atoms with Gasteiger partial charge in [-0.15, -0.1) is 0 Å². The molecule has 2 heterocycles. The van der Waals surface area contributed by atoms with E-state index in [0.717, 1.165) is 22.3 Å². The minimum absolute atomic E-state index is 0.168. The molecule has 0 aliphatic carbocycles. The maximum Gasteiger partial charge on any atom is 0.263 e. The molecule has 182 valence electrons. The lowest BCUT2D eigenvalue weighted by Gasteiger charge is -2.13. The summed E-state index contributed by atoms with van der Waals surface area (Å²) in [5, 5.41) is 7.18. The Morgan fingerprint density at radius 3 is 2.47 bits per heavy atom. The van der Waals surface area contributed by atoms with Gasteiger partial charge in [0.1, 0.15) is 11.9 Å². The number of carbonyl (C=O) groups excluding carboxylic acids is 1. The van der Waals surface area contributed by atoms with Gasteiger partial charge in [-0.3, -0.25) is 19.2 Å². The van der Waals surface area contributed by atoms with Crippen LogP contribution in [-0.2, 0) is 27.9 Å². The molecule has 3 aromatic carbocycles. The quantitative estimate of drug-likeness (QED) is 0.407. The van der Waals surface area contributed by atoms with Crippen molar-refractivity contribution in [1.29, 1.82) is 0 Å². The number of aromatic nitrogens is 2. The predicted molar refractivity (Wildman–Crippen MR) is 138 cm³/mol. The Morgan fingerprint density at radius 1 is 1.00 bits per heavy atom. The van der Waals surface area contributed by atoms with E-state index in [4.69, 9.17) is 0 Å². The lowest BCUT2D eigenvalue weighted by atomic mass is 9.98. The molecule has 1 aromatic heterocycles. The van der Waals surface area contributed by atoms with Gasteiger partial charge in [-0.25, -0.2) is 8.42 Å². The van der Waals surface area contributed by atoms with Gasteiger partial charge in [0.05, 0.1) is 11.4 Å². The average molecular weight is 500 g/mol. The molecule has 9 heteroatoms. The summed E-state index contributed by atoms with van der Waals surface area (Å²) in [5.41, 5.74) is 4.66. The zero-order chi connectivity index (χ0) is 25.1. The Bertz CT molecular complexity index is 1530. The molecule has 0 fully saturated rings. The maximum atomic E-state index is 12.8. The Morgan fingerprint density at radius 2 is 1.72 bits per heavy atom. The van der Waals surface area contributed by atoms with Crippen LogP contribution in [0, 0.1) is 0 Å². The second kappa shape index (κ2) is 9.79. The summed E-state index contributed by atoms with van der Waals surface area (Å²) in [5.74, 6) is -0.112. The highest BCUT2D eigenvalue weighted by Crippen LogP contribution is 2.25. The summed E-state index contributed by atoms with van der Waals surface area (Å²) in [6.07, 6.45) is 3.69. The van der Waals surface area contributed by atoms with Crippen LogP contribution in [0.15, 0.2) is 101 Å². The molecule has 36 heavy (non-hydrogen) atoms. The van der Waals surface area contributed by atoms with Crippen LogP contribution in [0.2, 0.25) is 0 Å². The summed E-state index contributed by atoms with van der Waals surface area (Å²) in [7, 11) is -3.65. The lowest BCUT2D eigenvalue weighted by molar-refractivity contribution is -0.122. The van der Waals surface area contributed by atoms with Crippen molar-refractivity contribution in [2.24, 2.45) is 4.99 Å². The van der Waals surface area contributed by atoms with Gasteiger partial charge in [-0.2, -0.15) is 5.10 Å². The number of hydrogen-bond donors (Lipinski definition) is 2. The largest absolute Gasteiger partial charge is 0.350 e. The first kappa shape index (κ1) is 23.5. The van der Waals surface area contributed by atoms with Gasteiger partial charge in [0.15, 0.2) is 0 Å². The number of nitrogens with zero attached hydrogens (tertiary/aromatic N) is 3. The third-order valence-electron chi connectivity index (χ3n) is 6.00. The van der Waals surface area contributed by atoms with Gasteiger partial charge in [0.2, 0.25) is 5.91 Å². The Kier molecular flexibility index (Phi) is 6.39. The highest BCUT2D eigenvalue weighted by atomic mass is 32.2. The molecule has 2 N–H and O–H groups in total. The van der Waals surface area contributed by atoms with Crippen molar-refractivity contribution in [2.45, 2.75) is 31.0 Å². The maximum absolute atomic E-state index is 12.8. The minimum atomic E-state index is -3.65. The minimum Gasteiger partial charge on any atom is -0.350 e. The molecular weight excluding hydrogens is 474 g/mol. The molecule has 0 spiro atoms. The Labute approximate surface area is 209 Å². The van der Waals surface area contributed by atoms with Crippen LogP contribution in [0.5, 0.6) is 0 Å². The van der Waals surface area contributed by atoms with Gasteiger partial charge in [0.25, 0.3) is 10.0 Å². The third kappa shape index (κ3) is 4.92. The number of benzene rings is 3. The van der Waals surface area contributed by atoms with Crippen molar-refractivity contribution < 1.29 is 13.2 Å². The molecule has 4 aromatic rings. The van der Waals surface area contributed by atoms with Crippen molar-refractivity contribution in [3.05, 3.63) is 108 Å². The van der Waals surface area contributed by atoms with Crippen molar-refractivity contribution in [2.75, 3.05) is 0 Å². The van der Waals surface area contributed by atoms with Crippen LogP contribution in [0.4, 0.5) is 0 Å². The number of hydrogen-bond acceptors (Lipinski definition) is 5. The zero-order valence-electron chi connectivity index (χ0n) is 19.6. The number of amides is 1. The first-order valence-corrected chi connectivity index (χ1v) is 13.0. The van der Waals surface area contributed by atoms with E-state index < -0.39 is 16.1 Å². The van der Waals surface area contributed by atoms with E-state index in [1.165, 1.54) is 6.07 Å². The molecule has 0 unspecified atom stereocenters. The van der Waals surface area contributed by atoms with Crippen molar-refractivity contribution in [3.63, 3.8) is 0 Å². The summed E-state index contributed by atoms with van der Waals surface area (Å²) in [4.78, 5) is 17.3. The van der Waals surface area contributed by atoms with E-state index in [-0.39, 0.29) is 16.6 Å². The summed E-state index contributed by atoms with van der Waals surface area (Å²) < 4.78 is 28.9. The first-order chi connectivity index (χ1) is 17.4. The zero-order valence-corrected chi connectivity index (χ0v) is 20.4. The fraction of sp³-hybridized carbons (Fsp3) is 0.148. The standard InChI is InChI=1S/C27H25N5O3S/c1-19(30-26-24-9-4-5-10-25(24)36(34,35)31-26)27(33)28-17-22-7-2-3-8-23(22)21-13-11-20(12-14-21)18-32-16-6-15-29-32/h2-16,19H,17-18H2,1H3,(H,28,33)(H,30,31)/t19-/m0/s1. The molecule has 0 saturated carbocycles. The van der Waals surface area contributed by atoms with Crippen molar-refractivity contribution in [3.8, 4) is 11.1 Å². The molecule has 0 radical (unpaired) electrons. The number of aliphatic imine (C=N–C) groups is 1. The van der Waals surface area contributed by atoms with Crippen LogP contribution >= 0.6 is 0 Å². The number of sulfonamides is 1. The predicted octanol–water partition coefficient (Wildman–Crippen LogP) is 3.34. The van der Waals surface area contributed by atoms with E-state index in [1.807, 2.05) is 41.2 Å². The van der Waals surface area contributed by atoms with E-state index >= 15 is 0 Å². The lowest BCUT2D eigenvalue weighted by Crippen LogP contribution is -2.33. The van der Waals surface area contributed by atoms with Crippen molar-refractivity contribution >= 4 is 21.8 Å². The Balaban J connectivity index is 1.27. The second-order valence-corrected chi connectivity index (χ2v) is 10.2. The van der Waals surface area contributed by atoms with Gasteiger partial charge in [0, 0.05) is 24.5 Å². The number of nitrogens with one attached hydrogen (secondary N) is 2. The second-order valence-electron chi connectivity index (χ2n) is 8.53. The van der Waals surface area contributed by atoms with Crippen LogP contribution in [0.3, 0.4) is 0 Å². The third-order valence-corrected chi connectivity index (χ3v) is 7.40. The van der Waals surface area contributed by atoms with Crippen LogP contribution < -0.4 is 10.0 Å². The van der Waals surface area contributed by atoms with Crippen LogP contribution in [-0.4, -0.2) is 36.0 Å². The molecule has 1 aliphatic rings. The normalized spacial score (nSPS) is 15.8. The van der Waals surface area contributed by atoms with E-state index in [9.17, 15) is 13.2 Å². The summed E-state index contributed by atoms with van der Waals surface area (Å²) in [6.45, 7) is 2.66. The number of amidine groups is 1. The summed E-state index contributed by atoms with van der Waals surface area (Å²) >= 11 is 0. The van der Waals surface area contributed by atoms with E-state index in [2.05, 4.69) is 44.4 Å². The SMILES string of the molecule is C[C@H](N=C1NS(=O)(=O)c2ccccc21)C(=O)NCc1ccccc1-c1ccc(Cn2cccn2)cc1. The highest BCUT2D eigenvalue weighted by Gasteiger charge is 2.31. The Hall–Kier alpha value is -4.24. The molecule has 0 bridgehead atoms. The smallest absolute Gasteiger partial charge is 0.263 e. The molecule has 1 atom stereocenters. The fourth-order valence-corrected chi connectivity index (χ4v) is 5.38. The number of rotatable bonds is 7. The molecule has 0 saturated heterocycles. The topological polar surface area (TPSA) is 105 Å². The average Bonchev–Trinajstić information content (AvgIpc) is 3.49. The molecular formula is C27H25N5O3S. The fourth-order valence-electron chi connectivity index (χ4n) is 4.14. The van der Waals surface area contributed by atoms with Crippen molar-refractivity contribution in [1.82, 2.24) is 19.8 Å².